The lowest BCUT2D eigenvalue weighted by Crippen LogP contribution is -2.36. The van der Waals surface area contributed by atoms with Gasteiger partial charge in [0.1, 0.15) is 0 Å². The molecule has 4 heteroatoms. The van der Waals surface area contributed by atoms with Crippen molar-refractivity contribution >= 4 is 21.7 Å². The van der Waals surface area contributed by atoms with Gasteiger partial charge in [-0.15, -0.1) is 0 Å². The Labute approximate surface area is 103 Å². The van der Waals surface area contributed by atoms with Gasteiger partial charge in [0, 0.05) is 19.5 Å². The maximum absolute atomic E-state index is 12.1. The lowest BCUT2D eigenvalue weighted by molar-refractivity contribution is 0.715. The van der Waals surface area contributed by atoms with Gasteiger partial charge in [-0.25, -0.2) is 4.79 Å². The van der Waals surface area contributed by atoms with Crippen molar-refractivity contribution in [1.82, 2.24) is 9.13 Å². The van der Waals surface area contributed by atoms with Gasteiger partial charge in [-0.3, -0.25) is 13.9 Å². The quantitative estimate of drug-likeness (QED) is 0.557. The van der Waals surface area contributed by atoms with Gasteiger partial charge >= 0.3 is 5.69 Å². The highest BCUT2D eigenvalue weighted by Crippen LogP contribution is 2.21. The van der Waals surface area contributed by atoms with Crippen LogP contribution in [0.15, 0.2) is 46.0 Å². The van der Waals surface area contributed by atoms with E-state index in [0.29, 0.717) is 10.9 Å². The monoisotopic (exact) mass is 240 g/mol. The van der Waals surface area contributed by atoms with E-state index in [2.05, 4.69) is 0 Å². The maximum atomic E-state index is 12.1. The Morgan fingerprint density at radius 2 is 1.56 bits per heavy atom. The summed E-state index contributed by atoms with van der Waals surface area (Å²) in [4.78, 5) is 24.1. The predicted molar refractivity (Wildman–Crippen MR) is 71.9 cm³/mol. The molecule has 0 radical (unpaired) electrons. The topological polar surface area (TPSA) is 44.0 Å². The van der Waals surface area contributed by atoms with Crippen LogP contribution in [0.1, 0.15) is 0 Å². The average molecular weight is 240 g/mol. The van der Waals surface area contributed by atoms with E-state index in [-0.39, 0.29) is 11.2 Å². The fourth-order valence-corrected chi connectivity index (χ4v) is 2.38. The molecule has 0 fully saturated rings. The minimum atomic E-state index is -0.302. The van der Waals surface area contributed by atoms with E-state index in [0.717, 1.165) is 15.3 Å². The molecule has 2 aromatic carbocycles. The molecule has 0 aliphatic carbocycles. The Kier molecular flexibility index (Phi) is 2.13. The van der Waals surface area contributed by atoms with Crippen molar-refractivity contribution < 1.29 is 0 Å². The fraction of sp³-hybridized carbons (Fsp3) is 0.143. The smallest absolute Gasteiger partial charge is 0.296 e. The third-order valence-electron chi connectivity index (χ3n) is 3.34. The number of nitrogens with zero attached hydrogens (tertiary/aromatic N) is 2. The summed E-state index contributed by atoms with van der Waals surface area (Å²) in [6.45, 7) is 0. The molecule has 1 aromatic heterocycles. The van der Waals surface area contributed by atoms with E-state index in [1.165, 1.54) is 11.6 Å². The molecule has 0 saturated carbocycles. The number of benzene rings is 2. The highest BCUT2D eigenvalue weighted by molar-refractivity contribution is 6.04. The molecule has 0 saturated heterocycles. The van der Waals surface area contributed by atoms with Crippen molar-refractivity contribution in [2.24, 2.45) is 14.1 Å². The summed E-state index contributed by atoms with van der Waals surface area (Å²) < 4.78 is 2.66. The largest absolute Gasteiger partial charge is 0.330 e. The zero-order chi connectivity index (χ0) is 12.9. The normalized spacial score (nSPS) is 11.2. The molecule has 1 heterocycles. The van der Waals surface area contributed by atoms with Gasteiger partial charge in [-0.2, -0.15) is 0 Å². The molecule has 0 amide bonds. The molecule has 0 aliphatic rings. The second-order valence-corrected chi connectivity index (χ2v) is 4.39. The highest BCUT2D eigenvalue weighted by Gasteiger charge is 2.10. The molecular formula is C14H12N2O2. The fourth-order valence-electron chi connectivity index (χ4n) is 2.38. The van der Waals surface area contributed by atoms with E-state index >= 15 is 0 Å². The van der Waals surface area contributed by atoms with Gasteiger partial charge in [0.2, 0.25) is 0 Å². The molecule has 3 rings (SSSR count). The number of hydrogen-bond acceptors (Lipinski definition) is 2. The van der Waals surface area contributed by atoms with E-state index in [1.54, 1.807) is 13.1 Å². The summed E-state index contributed by atoms with van der Waals surface area (Å²) >= 11 is 0. The van der Waals surface area contributed by atoms with Crippen molar-refractivity contribution in [3.63, 3.8) is 0 Å². The second-order valence-electron chi connectivity index (χ2n) is 4.39. The third kappa shape index (κ3) is 1.26. The summed E-state index contributed by atoms with van der Waals surface area (Å²) in [6, 6.07) is 11.4. The Balaban J connectivity index is 2.76. The Bertz CT molecular complexity index is 888. The van der Waals surface area contributed by atoms with Crippen LogP contribution in [0.4, 0.5) is 0 Å². The van der Waals surface area contributed by atoms with Gasteiger partial charge in [-0.05, 0) is 11.5 Å². The van der Waals surface area contributed by atoms with Crippen LogP contribution in [0, 0.1) is 0 Å². The standard InChI is InChI=1S/C14H12N2O2/c1-15-12-10-6-4-3-5-9(10)7-8-11(12)13(17)16(2)14(15)18/h3-8H,1-2H3. The van der Waals surface area contributed by atoms with Crippen molar-refractivity contribution in [3.05, 3.63) is 57.2 Å². The number of rotatable bonds is 0. The molecule has 0 unspecified atom stereocenters. The molecule has 0 spiro atoms. The number of aromatic nitrogens is 2. The third-order valence-corrected chi connectivity index (χ3v) is 3.34. The Morgan fingerprint density at radius 1 is 0.833 bits per heavy atom. The zero-order valence-electron chi connectivity index (χ0n) is 10.2. The van der Waals surface area contributed by atoms with E-state index in [1.807, 2.05) is 30.3 Å². The summed E-state index contributed by atoms with van der Waals surface area (Å²) in [5.74, 6) is 0. The summed E-state index contributed by atoms with van der Waals surface area (Å²) in [6.07, 6.45) is 0. The van der Waals surface area contributed by atoms with Crippen LogP contribution in [-0.2, 0) is 14.1 Å². The van der Waals surface area contributed by atoms with Gasteiger partial charge in [-0.1, -0.05) is 30.3 Å². The van der Waals surface area contributed by atoms with Crippen molar-refractivity contribution in [2.75, 3.05) is 0 Å². The van der Waals surface area contributed by atoms with Gasteiger partial charge in [0.05, 0.1) is 10.9 Å². The minimum Gasteiger partial charge on any atom is -0.296 e. The molecule has 90 valence electrons. The first-order chi connectivity index (χ1) is 8.61. The minimum absolute atomic E-state index is 0.251. The molecule has 4 nitrogen and oxygen atoms in total. The molecule has 0 N–H and O–H groups in total. The van der Waals surface area contributed by atoms with Crippen LogP contribution in [0.5, 0.6) is 0 Å². The molecule has 0 aliphatic heterocycles. The summed E-state index contributed by atoms with van der Waals surface area (Å²) in [5, 5.41) is 2.51. The average Bonchev–Trinajstić information content (AvgIpc) is 2.41. The van der Waals surface area contributed by atoms with Crippen LogP contribution in [-0.4, -0.2) is 9.13 Å². The second kappa shape index (κ2) is 3.57. The predicted octanol–water partition coefficient (Wildman–Crippen LogP) is 1.39. The molecule has 0 atom stereocenters. The van der Waals surface area contributed by atoms with Crippen LogP contribution < -0.4 is 11.2 Å². The van der Waals surface area contributed by atoms with E-state index in [4.69, 9.17) is 0 Å². The first-order valence-electron chi connectivity index (χ1n) is 5.69. The van der Waals surface area contributed by atoms with Crippen molar-refractivity contribution in [2.45, 2.75) is 0 Å². The van der Waals surface area contributed by atoms with E-state index in [9.17, 15) is 9.59 Å². The Hall–Kier alpha value is -2.36. The summed E-state index contributed by atoms with van der Waals surface area (Å²) in [7, 11) is 3.19. The number of aryl methyl sites for hydroxylation is 1. The van der Waals surface area contributed by atoms with Crippen molar-refractivity contribution in [1.29, 1.82) is 0 Å². The van der Waals surface area contributed by atoms with Crippen LogP contribution in [0.3, 0.4) is 0 Å². The van der Waals surface area contributed by atoms with Gasteiger partial charge < -0.3 is 0 Å². The Morgan fingerprint density at radius 3 is 2.33 bits per heavy atom. The molecule has 0 bridgehead atoms. The van der Waals surface area contributed by atoms with Gasteiger partial charge in [0.25, 0.3) is 5.56 Å². The molecule has 18 heavy (non-hydrogen) atoms. The zero-order valence-corrected chi connectivity index (χ0v) is 10.2. The number of hydrogen-bond donors (Lipinski definition) is 0. The van der Waals surface area contributed by atoms with Crippen LogP contribution in [0.25, 0.3) is 21.7 Å². The van der Waals surface area contributed by atoms with Gasteiger partial charge in [0.15, 0.2) is 0 Å². The first kappa shape index (κ1) is 10.8. The lowest BCUT2D eigenvalue weighted by Gasteiger charge is -2.09. The maximum Gasteiger partial charge on any atom is 0.330 e. The van der Waals surface area contributed by atoms with Crippen LogP contribution >= 0.6 is 0 Å². The SMILES string of the molecule is Cn1c(=O)c2ccc3ccccc3c2n(C)c1=O. The van der Waals surface area contributed by atoms with Crippen LogP contribution in [0.2, 0.25) is 0 Å². The number of fused-ring (bicyclic) bond motifs is 3. The first-order valence-corrected chi connectivity index (χ1v) is 5.69. The lowest BCUT2D eigenvalue weighted by atomic mass is 10.1. The summed E-state index contributed by atoms with van der Waals surface area (Å²) in [5.41, 5.74) is 0.143. The molecule has 3 aromatic rings. The van der Waals surface area contributed by atoms with Crippen molar-refractivity contribution in [3.8, 4) is 0 Å². The molecular weight excluding hydrogens is 228 g/mol. The highest BCUT2D eigenvalue weighted by atomic mass is 16.2. The van der Waals surface area contributed by atoms with E-state index < -0.39 is 0 Å².